The number of benzene rings is 1. The smallest absolute Gasteiger partial charge is 0.246 e. The summed E-state index contributed by atoms with van der Waals surface area (Å²) < 4.78 is 23.8. The monoisotopic (exact) mass is 195 g/mol. The molecule has 0 atom stereocenters. The Kier molecular flexibility index (Phi) is 1.74. The van der Waals surface area contributed by atoms with Gasteiger partial charge < -0.3 is 9.47 Å². The molecule has 3 nitrogen and oxygen atoms in total. The topological polar surface area (TPSA) is 35.5 Å². The van der Waals surface area contributed by atoms with Gasteiger partial charge in [-0.15, -0.1) is 0 Å². The van der Waals surface area contributed by atoms with Gasteiger partial charge in [-0.25, -0.2) is 4.39 Å². The molecule has 2 rings (SSSR count). The van der Waals surface area contributed by atoms with E-state index in [1.807, 2.05) is 0 Å². The standard InChI is InChI=1S/C10H9FO3/c1-10(2)13-8-3-6(5-12)7(11)4-9(8)14-10/h3-5H,1-2H3/i11-1. The summed E-state index contributed by atoms with van der Waals surface area (Å²) in [5.41, 5.74) is -0.0231. The summed E-state index contributed by atoms with van der Waals surface area (Å²) >= 11 is 0. The summed E-state index contributed by atoms with van der Waals surface area (Å²) in [4.78, 5) is 10.5. The van der Waals surface area contributed by atoms with Crippen LogP contribution in [0, 0.1) is 5.82 Å². The third-order valence-electron chi connectivity index (χ3n) is 1.90. The summed E-state index contributed by atoms with van der Waals surface area (Å²) in [6, 6.07) is 2.50. The fourth-order valence-electron chi connectivity index (χ4n) is 1.35. The maximum absolute atomic E-state index is 13.1. The molecule has 4 heteroatoms. The average Bonchev–Trinajstić information content (AvgIpc) is 2.36. The summed E-state index contributed by atoms with van der Waals surface area (Å²) in [5.74, 6) is -0.660. The lowest BCUT2D eigenvalue weighted by Crippen LogP contribution is -2.29. The molecule has 0 unspecified atom stereocenters. The van der Waals surface area contributed by atoms with E-state index in [4.69, 9.17) is 9.47 Å². The molecule has 0 saturated heterocycles. The molecule has 0 N–H and O–H groups in total. The molecule has 0 bridgehead atoms. The van der Waals surface area contributed by atoms with Crippen molar-refractivity contribution in [3.8, 4) is 11.5 Å². The zero-order valence-corrected chi connectivity index (χ0v) is 7.83. The van der Waals surface area contributed by atoms with Crippen LogP contribution in [0.5, 0.6) is 11.5 Å². The van der Waals surface area contributed by atoms with E-state index in [1.54, 1.807) is 13.8 Å². The van der Waals surface area contributed by atoms with E-state index in [0.717, 1.165) is 6.07 Å². The van der Waals surface area contributed by atoms with Crippen molar-refractivity contribution >= 4 is 6.29 Å². The van der Waals surface area contributed by atoms with Gasteiger partial charge in [-0.3, -0.25) is 4.79 Å². The zero-order valence-electron chi connectivity index (χ0n) is 7.83. The van der Waals surface area contributed by atoms with Gasteiger partial charge >= 0.3 is 0 Å². The maximum Gasteiger partial charge on any atom is 0.246 e. The van der Waals surface area contributed by atoms with Crippen LogP contribution in [0.15, 0.2) is 12.1 Å². The molecule has 1 aromatic carbocycles. The summed E-state index contributed by atoms with van der Waals surface area (Å²) in [5, 5.41) is 0. The molecule has 1 heterocycles. The minimum atomic E-state index is -0.795. The van der Waals surface area contributed by atoms with Crippen LogP contribution in [-0.2, 0) is 0 Å². The fourth-order valence-corrected chi connectivity index (χ4v) is 1.35. The highest BCUT2D eigenvalue weighted by Crippen LogP contribution is 2.40. The third kappa shape index (κ3) is 1.32. The summed E-state index contributed by atoms with van der Waals surface area (Å²) in [7, 11) is 0. The predicted molar refractivity (Wildman–Crippen MR) is 47.1 cm³/mol. The second kappa shape index (κ2) is 2.70. The Bertz CT molecular complexity index is 399. The molecule has 0 amide bonds. The Morgan fingerprint density at radius 3 is 2.43 bits per heavy atom. The van der Waals surface area contributed by atoms with Gasteiger partial charge in [-0.05, 0) is 6.07 Å². The highest BCUT2D eigenvalue weighted by molar-refractivity contribution is 5.77. The summed E-state index contributed by atoms with van der Waals surface area (Å²) in [6.07, 6.45) is 0.449. The van der Waals surface area contributed by atoms with E-state index in [-0.39, 0.29) is 5.56 Å². The molecule has 14 heavy (non-hydrogen) atoms. The molecule has 1 aromatic rings. The first-order valence-corrected chi connectivity index (χ1v) is 4.18. The quantitative estimate of drug-likeness (QED) is 0.644. The molecule has 1 aliphatic rings. The molecular weight excluding hydrogens is 186 g/mol. The minimum absolute atomic E-state index is 0.0231. The maximum atomic E-state index is 13.1. The van der Waals surface area contributed by atoms with Crippen LogP contribution < -0.4 is 9.47 Å². The number of carbonyl (C=O) groups is 1. The fraction of sp³-hybridized carbons (Fsp3) is 0.300. The Morgan fingerprint density at radius 2 is 1.86 bits per heavy atom. The molecule has 1 aliphatic heterocycles. The van der Waals surface area contributed by atoms with Crippen LogP contribution in [0.3, 0.4) is 0 Å². The molecule has 0 spiro atoms. The van der Waals surface area contributed by atoms with Gasteiger partial charge in [0.1, 0.15) is 5.82 Å². The zero-order chi connectivity index (χ0) is 10.3. The van der Waals surface area contributed by atoms with Gasteiger partial charge in [0, 0.05) is 19.9 Å². The number of rotatable bonds is 1. The Labute approximate surface area is 80.4 Å². The first kappa shape index (κ1) is 8.99. The lowest BCUT2D eigenvalue weighted by atomic mass is 10.2. The minimum Gasteiger partial charge on any atom is -0.449 e. The highest BCUT2D eigenvalue weighted by Gasteiger charge is 2.32. The second-order valence-corrected chi connectivity index (χ2v) is 3.54. The molecule has 74 valence electrons. The van der Waals surface area contributed by atoms with Crippen LogP contribution in [-0.4, -0.2) is 12.1 Å². The van der Waals surface area contributed by atoms with Crippen molar-refractivity contribution in [2.75, 3.05) is 0 Å². The average molecular weight is 195 g/mol. The molecule has 0 aromatic heterocycles. The van der Waals surface area contributed by atoms with Gasteiger partial charge in [-0.2, -0.15) is 0 Å². The Morgan fingerprint density at radius 1 is 1.29 bits per heavy atom. The molecule has 0 aliphatic carbocycles. The highest BCUT2D eigenvalue weighted by atomic mass is 18.2. The first-order valence-electron chi connectivity index (χ1n) is 4.18. The lowest BCUT2D eigenvalue weighted by Gasteiger charge is -2.16. The van der Waals surface area contributed by atoms with Crippen LogP contribution in [0.1, 0.15) is 24.2 Å². The van der Waals surface area contributed by atoms with Gasteiger partial charge in [0.05, 0.1) is 5.56 Å². The van der Waals surface area contributed by atoms with E-state index in [2.05, 4.69) is 0 Å². The van der Waals surface area contributed by atoms with E-state index >= 15 is 0 Å². The van der Waals surface area contributed by atoms with Crippen molar-refractivity contribution in [2.45, 2.75) is 19.6 Å². The van der Waals surface area contributed by atoms with Gasteiger partial charge in [0.15, 0.2) is 17.8 Å². The van der Waals surface area contributed by atoms with Gasteiger partial charge in [-0.1, -0.05) is 0 Å². The number of carbonyl (C=O) groups excluding carboxylic acids is 1. The number of halogens is 1. The van der Waals surface area contributed by atoms with Crippen molar-refractivity contribution in [2.24, 2.45) is 0 Å². The Balaban J connectivity index is 2.49. The van der Waals surface area contributed by atoms with E-state index in [0.29, 0.717) is 17.8 Å². The molecule has 0 fully saturated rings. The van der Waals surface area contributed by atoms with Crippen molar-refractivity contribution in [1.82, 2.24) is 0 Å². The first-order chi connectivity index (χ1) is 6.52. The molecule has 0 saturated carbocycles. The SMILES string of the molecule is CC1(C)Oc2cc([18F])c(C=O)cc2O1. The van der Waals surface area contributed by atoms with Crippen molar-refractivity contribution in [3.63, 3.8) is 0 Å². The lowest BCUT2D eigenvalue weighted by molar-refractivity contribution is -0.0432. The van der Waals surface area contributed by atoms with Crippen molar-refractivity contribution < 1.29 is 18.7 Å². The van der Waals surface area contributed by atoms with E-state index in [9.17, 15) is 9.18 Å². The normalized spacial score (nSPS) is 16.8. The summed E-state index contributed by atoms with van der Waals surface area (Å²) in [6.45, 7) is 3.43. The Hall–Kier alpha value is -1.58. The largest absolute Gasteiger partial charge is 0.449 e. The predicted octanol–water partition coefficient (Wildman–Crippen LogP) is 2.15. The van der Waals surface area contributed by atoms with Crippen molar-refractivity contribution in [1.29, 1.82) is 0 Å². The van der Waals surface area contributed by atoms with E-state index < -0.39 is 11.6 Å². The van der Waals surface area contributed by atoms with E-state index in [1.165, 1.54) is 6.07 Å². The van der Waals surface area contributed by atoms with Gasteiger partial charge in [0.25, 0.3) is 0 Å². The number of fused-ring (bicyclic) bond motifs is 1. The number of ether oxygens (including phenoxy) is 2. The van der Waals surface area contributed by atoms with Crippen LogP contribution in [0.25, 0.3) is 0 Å². The number of hydrogen-bond acceptors (Lipinski definition) is 3. The van der Waals surface area contributed by atoms with Gasteiger partial charge in [0.2, 0.25) is 5.79 Å². The van der Waals surface area contributed by atoms with Crippen LogP contribution in [0.2, 0.25) is 0 Å². The second-order valence-electron chi connectivity index (χ2n) is 3.54. The van der Waals surface area contributed by atoms with Crippen LogP contribution >= 0.6 is 0 Å². The third-order valence-corrected chi connectivity index (χ3v) is 1.90. The molecule has 0 radical (unpaired) electrons. The van der Waals surface area contributed by atoms with Crippen molar-refractivity contribution in [3.05, 3.63) is 23.5 Å². The number of hydrogen-bond donors (Lipinski definition) is 0. The molecular formula is C10H9FO3. The van der Waals surface area contributed by atoms with Crippen LogP contribution in [0.4, 0.5) is 4.39 Å². The number of aldehydes is 1.